The van der Waals surface area contributed by atoms with Gasteiger partial charge >= 0.3 is 0 Å². The Bertz CT molecular complexity index is 3770. The highest BCUT2D eigenvalue weighted by molar-refractivity contribution is 6.99. The molecule has 5 aliphatic heterocycles. The van der Waals surface area contributed by atoms with Gasteiger partial charge in [0.15, 0.2) is 0 Å². The molecule has 10 aromatic rings. The van der Waals surface area contributed by atoms with Gasteiger partial charge < -0.3 is 24.2 Å². The Morgan fingerprint density at radius 1 is 0.378 bits per heavy atom. The van der Waals surface area contributed by atoms with Crippen LogP contribution in [0.25, 0.3) is 0 Å². The Morgan fingerprint density at radius 3 is 1.49 bits per heavy atom. The molecule has 0 radical (unpaired) electrons. The molecule has 0 fully saturated rings. The maximum Gasteiger partial charge on any atom is 0.260 e. The van der Waals surface area contributed by atoms with Gasteiger partial charge in [0.05, 0.1) is 28.7 Å². The van der Waals surface area contributed by atoms with Crippen LogP contribution in [0.15, 0.2) is 278 Å². The Kier molecular flexibility index (Phi) is 9.70. The second-order valence-corrected chi connectivity index (χ2v) is 19.3. The van der Waals surface area contributed by atoms with E-state index in [9.17, 15) is 0 Å². The average molecular weight is 950 g/mol. The van der Waals surface area contributed by atoms with Gasteiger partial charge in [-0.1, -0.05) is 152 Å². The van der Waals surface area contributed by atoms with Crippen molar-refractivity contribution in [1.29, 1.82) is 0 Å². The van der Waals surface area contributed by atoms with Crippen molar-refractivity contribution in [3.05, 3.63) is 278 Å². The van der Waals surface area contributed by atoms with E-state index in [0.29, 0.717) is 0 Å². The summed E-state index contributed by atoms with van der Waals surface area (Å²) < 4.78 is 14.4. The monoisotopic (exact) mass is 949 g/mol. The highest BCUT2D eigenvalue weighted by atomic mass is 16.5. The fraction of sp³-hybridized carbons (Fsp3) is 0.0154. The van der Waals surface area contributed by atoms with E-state index in [1.807, 2.05) is 0 Å². The van der Waals surface area contributed by atoms with Crippen molar-refractivity contribution in [3.63, 3.8) is 0 Å². The molecule has 0 saturated carbocycles. The first-order valence-corrected chi connectivity index (χ1v) is 25.4. The largest absolute Gasteiger partial charge is 0.458 e. The van der Waals surface area contributed by atoms with Crippen molar-refractivity contribution >= 4 is 91.9 Å². The third-order valence-electron chi connectivity index (χ3n) is 15.1. The van der Waals surface area contributed by atoms with Gasteiger partial charge in [-0.3, -0.25) is 10.0 Å². The van der Waals surface area contributed by atoms with Gasteiger partial charge in [0.25, 0.3) is 6.71 Å². The lowest BCUT2D eigenvalue weighted by molar-refractivity contribution is 0.361. The number of nitrogens with zero attached hydrogens (tertiary/aromatic N) is 5. The van der Waals surface area contributed by atoms with Crippen LogP contribution < -0.4 is 56.5 Å². The number of hydrogen-bond acceptors (Lipinski definition) is 7. The zero-order valence-corrected chi connectivity index (χ0v) is 40.2. The SMILES string of the molecule is C1=C(N(c2ccccc2)c2ccccc2)C=C2C3B(c4cc5c(cc4N2c2ccccc2)Oc2cc(N(c4ccccc4)c4ccccc4)cc4c2B5c2ccccc2O4)c2ccccc2N(c2ccccc2)N13. The summed E-state index contributed by atoms with van der Waals surface area (Å²) in [4.78, 5) is 7.14. The highest BCUT2D eigenvalue weighted by Gasteiger charge is 2.53. The van der Waals surface area contributed by atoms with Crippen molar-refractivity contribution < 1.29 is 9.47 Å². The molecule has 5 aliphatic rings. The highest BCUT2D eigenvalue weighted by Crippen LogP contribution is 2.49. The lowest BCUT2D eigenvalue weighted by Gasteiger charge is -2.55. The molecule has 0 saturated heterocycles. The third-order valence-corrected chi connectivity index (χ3v) is 15.1. The van der Waals surface area contributed by atoms with Crippen LogP contribution in [0.5, 0.6) is 23.0 Å². The molecule has 74 heavy (non-hydrogen) atoms. The Labute approximate surface area is 431 Å². The summed E-state index contributed by atoms with van der Waals surface area (Å²) in [5.41, 5.74) is 17.4. The van der Waals surface area contributed by atoms with Crippen molar-refractivity contribution in [3.8, 4) is 23.0 Å². The second kappa shape index (κ2) is 17.0. The van der Waals surface area contributed by atoms with Crippen molar-refractivity contribution in [2.24, 2.45) is 0 Å². The molecule has 1 atom stereocenters. The summed E-state index contributed by atoms with van der Waals surface area (Å²) in [6.07, 6.45) is 4.79. The van der Waals surface area contributed by atoms with Crippen LogP contribution in [0.1, 0.15) is 0 Å². The summed E-state index contributed by atoms with van der Waals surface area (Å²) in [6.45, 7) is -0.239. The Morgan fingerprint density at radius 2 is 0.878 bits per heavy atom. The molecule has 0 bridgehead atoms. The van der Waals surface area contributed by atoms with Crippen molar-refractivity contribution in [2.75, 3.05) is 19.7 Å². The van der Waals surface area contributed by atoms with Crippen LogP contribution in [0.2, 0.25) is 0 Å². The minimum absolute atomic E-state index is 0.0824. The maximum atomic E-state index is 7.42. The molecule has 0 aromatic heterocycles. The van der Waals surface area contributed by atoms with E-state index in [1.165, 1.54) is 10.9 Å². The van der Waals surface area contributed by atoms with Crippen LogP contribution in [0.4, 0.5) is 51.2 Å². The summed E-state index contributed by atoms with van der Waals surface area (Å²) in [5.74, 6) is 3.07. The predicted octanol–water partition coefficient (Wildman–Crippen LogP) is 12.5. The lowest BCUT2D eigenvalue weighted by Crippen LogP contribution is -2.71. The van der Waals surface area contributed by atoms with Gasteiger partial charge in [-0.2, -0.15) is 0 Å². The standard InChI is InChI=1S/C65H45B2N5O2/c1-7-23-45(24-8-1)69(46-25-9-2-10-26-46)51-40-62-64-63(41-51)74-61-43-58-55(42-56(61)66(64)54-36-20-22-38-60(54)73-62)67-53-35-19-21-37-57(53)72(50-33-17-6-18-34-50)68-44-52(39-59(65(67)68)71(58)49-31-15-5-16-32-49)70(47-27-11-3-12-28-47)48-29-13-4-14-30-48/h1-44,65H. The van der Waals surface area contributed by atoms with Crippen LogP contribution in [-0.4, -0.2) is 24.4 Å². The van der Waals surface area contributed by atoms with E-state index in [2.05, 4.69) is 292 Å². The fourth-order valence-electron chi connectivity index (χ4n) is 12.1. The van der Waals surface area contributed by atoms with E-state index >= 15 is 0 Å². The Hall–Kier alpha value is -9.59. The molecule has 7 nitrogen and oxygen atoms in total. The molecule has 1 unspecified atom stereocenters. The number of anilines is 9. The van der Waals surface area contributed by atoms with E-state index in [-0.39, 0.29) is 19.4 Å². The quantitative estimate of drug-likeness (QED) is 0.140. The summed E-state index contributed by atoms with van der Waals surface area (Å²) in [6, 6.07) is 90.8. The molecule has 5 heterocycles. The maximum absolute atomic E-state index is 7.42. The van der Waals surface area contributed by atoms with Gasteiger partial charge in [0.1, 0.15) is 23.0 Å². The van der Waals surface area contributed by atoms with E-state index in [1.54, 1.807) is 0 Å². The fourth-order valence-corrected chi connectivity index (χ4v) is 12.1. The molecular formula is C65H45B2N5O2. The first kappa shape index (κ1) is 42.1. The predicted molar refractivity (Wildman–Crippen MR) is 304 cm³/mol. The number of rotatable bonds is 8. The molecule has 9 heteroatoms. The van der Waals surface area contributed by atoms with Gasteiger partial charge in [-0.25, -0.2) is 0 Å². The molecule has 0 amide bonds. The topological polar surface area (TPSA) is 34.7 Å². The van der Waals surface area contributed by atoms with E-state index < -0.39 is 0 Å². The molecular weight excluding hydrogens is 904 g/mol. The number of fused-ring (bicyclic) bond motifs is 8. The molecule has 0 N–H and O–H groups in total. The number of hydrazine groups is 1. The number of allylic oxidation sites excluding steroid dienone is 1. The van der Waals surface area contributed by atoms with Crippen molar-refractivity contribution in [1.82, 2.24) is 5.01 Å². The first-order chi connectivity index (χ1) is 36.7. The molecule has 0 aliphatic carbocycles. The number of hydrogen-bond donors (Lipinski definition) is 0. The summed E-state index contributed by atoms with van der Waals surface area (Å²) >= 11 is 0. The lowest BCUT2D eigenvalue weighted by atomic mass is 9.30. The molecule has 348 valence electrons. The zero-order valence-electron chi connectivity index (χ0n) is 40.2. The molecule has 0 spiro atoms. The average Bonchev–Trinajstić information content (AvgIpc) is 3.48. The van der Waals surface area contributed by atoms with E-state index in [0.717, 1.165) is 102 Å². The smallest absolute Gasteiger partial charge is 0.260 e. The summed E-state index contributed by atoms with van der Waals surface area (Å²) in [5, 5.41) is 4.93. The Balaban J connectivity index is 0.991. The normalized spacial score (nSPS) is 15.1. The van der Waals surface area contributed by atoms with Crippen molar-refractivity contribution in [2.45, 2.75) is 5.94 Å². The van der Waals surface area contributed by atoms with Crippen LogP contribution in [0.3, 0.4) is 0 Å². The van der Waals surface area contributed by atoms with Crippen LogP contribution in [-0.2, 0) is 0 Å². The second-order valence-electron chi connectivity index (χ2n) is 19.3. The number of para-hydroxylation sites is 8. The molecule has 10 aromatic carbocycles. The van der Waals surface area contributed by atoms with Crippen LogP contribution in [0, 0.1) is 0 Å². The van der Waals surface area contributed by atoms with E-state index in [4.69, 9.17) is 9.47 Å². The van der Waals surface area contributed by atoms with Gasteiger partial charge in [-0.05, 0) is 113 Å². The third kappa shape index (κ3) is 6.63. The molecule has 15 rings (SSSR count). The first-order valence-electron chi connectivity index (χ1n) is 25.4. The van der Waals surface area contributed by atoms with Gasteiger partial charge in [0, 0.05) is 69.7 Å². The summed E-state index contributed by atoms with van der Waals surface area (Å²) in [7, 11) is 0. The zero-order chi connectivity index (χ0) is 48.7. The minimum Gasteiger partial charge on any atom is -0.458 e. The number of benzene rings is 10. The van der Waals surface area contributed by atoms with Gasteiger partial charge in [0.2, 0.25) is 6.71 Å². The van der Waals surface area contributed by atoms with Crippen LogP contribution >= 0.6 is 0 Å². The van der Waals surface area contributed by atoms with Gasteiger partial charge in [-0.15, -0.1) is 0 Å². The minimum atomic E-state index is -0.160. The number of ether oxygens (including phenoxy) is 2.